The van der Waals surface area contributed by atoms with Gasteiger partial charge in [0, 0.05) is 23.3 Å². The lowest BCUT2D eigenvalue weighted by molar-refractivity contribution is 0.683. The Hall–Kier alpha value is -3.22. The highest BCUT2D eigenvalue weighted by Gasteiger charge is 2.15. The highest BCUT2D eigenvalue weighted by Crippen LogP contribution is 2.30. The van der Waals surface area contributed by atoms with E-state index in [-0.39, 0.29) is 5.92 Å². The summed E-state index contributed by atoms with van der Waals surface area (Å²) in [5.74, 6) is 0.333. The fourth-order valence-electron chi connectivity index (χ4n) is 2.79. The number of nitrogens with zero attached hydrogens (tertiary/aromatic N) is 5. The molecule has 2 aromatic carbocycles. The van der Waals surface area contributed by atoms with Gasteiger partial charge in [-0.05, 0) is 20.3 Å². The second kappa shape index (κ2) is 9.82. The maximum atomic E-state index is 9.28. The Morgan fingerprint density at radius 3 is 2.00 bits per heavy atom. The van der Waals surface area contributed by atoms with E-state index >= 15 is 0 Å². The molecule has 0 N–H and O–H groups in total. The molecular formula is C23H21N5S. The van der Waals surface area contributed by atoms with Crippen molar-refractivity contribution in [3.63, 3.8) is 0 Å². The number of thioether (sulfide) groups is 1. The fourth-order valence-corrected chi connectivity index (χ4v) is 3.64. The molecule has 0 spiro atoms. The van der Waals surface area contributed by atoms with Crippen molar-refractivity contribution in [2.24, 2.45) is 5.92 Å². The summed E-state index contributed by atoms with van der Waals surface area (Å²) >= 11 is 1.41. The molecule has 0 saturated heterocycles. The van der Waals surface area contributed by atoms with E-state index in [0.29, 0.717) is 23.8 Å². The van der Waals surface area contributed by atoms with Crippen molar-refractivity contribution in [2.45, 2.75) is 31.8 Å². The lowest BCUT2D eigenvalue weighted by Crippen LogP contribution is -2.03. The molecule has 0 bridgehead atoms. The smallest absolute Gasteiger partial charge is 0.209 e. The topological polar surface area (TPSA) is 86.2 Å². The van der Waals surface area contributed by atoms with E-state index in [4.69, 9.17) is 10.2 Å². The van der Waals surface area contributed by atoms with Crippen molar-refractivity contribution in [2.75, 3.05) is 5.75 Å². The normalized spacial score (nSPS) is 11.4. The quantitative estimate of drug-likeness (QED) is 0.497. The van der Waals surface area contributed by atoms with Gasteiger partial charge in [-0.25, -0.2) is 4.98 Å². The van der Waals surface area contributed by atoms with E-state index in [9.17, 15) is 5.26 Å². The number of hydrogen-bond donors (Lipinski definition) is 0. The van der Waals surface area contributed by atoms with Crippen LogP contribution in [0.2, 0.25) is 0 Å². The van der Waals surface area contributed by atoms with Crippen molar-refractivity contribution in [3.05, 3.63) is 59.7 Å². The Morgan fingerprint density at radius 2 is 1.45 bits per heavy atom. The summed E-state index contributed by atoms with van der Waals surface area (Å²) in [5, 5.41) is 27.3. The fraction of sp³-hybridized carbons (Fsp3) is 0.261. The molecule has 0 fully saturated rings. The molecule has 0 aliphatic rings. The Kier molecular flexibility index (Phi) is 6.94. The third-order valence-corrected chi connectivity index (χ3v) is 5.52. The Bertz CT molecular complexity index is 1050. The lowest BCUT2D eigenvalue weighted by Gasteiger charge is -2.11. The summed E-state index contributed by atoms with van der Waals surface area (Å²) in [4.78, 5) is 4.77. The molecule has 5 nitrogen and oxygen atoms in total. The molecule has 0 saturated carbocycles. The van der Waals surface area contributed by atoms with Crippen LogP contribution in [0.1, 0.15) is 24.0 Å². The summed E-state index contributed by atoms with van der Waals surface area (Å²) in [7, 11) is 0. The summed E-state index contributed by atoms with van der Waals surface area (Å²) in [5.41, 5.74) is 5.81. The van der Waals surface area contributed by atoms with Gasteiger partial charge in [0.25, 0.3) is 0 Å². The number of aromatic nitrogens is 3. The van der Waals surface area contributed by atoms with Crippen LogP contribution in [-0.4, -0.2) is 20.9 Å². The van der Waals surface area contributed by atoms with Crippen molar-refractivity contribution >= 4 is 11.8 Å². The first-order valence-electron chi connectivity index (χ1n) is 9.39. The van der Waals surface area contributed by atoms with Gasteiger partial charge < -0.3 is 0 Å². The van der Waals surface area contributed by atoms with Gasteiger partial charge in [0.1, 0.15) is 11.4 Å². The molecule has 0 radical (unpaired) electrons. The Morgan fingerprint density at radius 1 is 0.862 bits per heavy atom. The maximum Gasteiger partial charge on any atom is 0.209 e. The van der Waals surface area contributed by atoms with Crippen LogP contribution in [0.4, 0.5) is 0 Å². The summed E-state index contributed by atoms with van der Waals surface area (Å²) in [6, 6.07) is 20.7. The van der Waals surface area contributed by atoms with Gasteiger partial charge in [0.15, 0.2) is 0 Å². The second-order valence-electron chi connectivity index (χ2n) is 6.86. The molecule has 3 aromatic rings. The molecule has 29 heavy (non-hydrogen) atoms. The minimum absolute atomic E-state index is 0.206. The summed E-state index contributed by atoms with van der Waals surface area (Å²) < 4.78 is 0. The number of hydrogen-bond acceptors (Lipinski definition) is 6. The molecule has 0 unspecified atom stereocenters. The molecule has 1 heterocycles. The first-order chi connectivity index (χ1) is 14.1. The standard InChI is InChI=1S/C23H21N5S/c1-16-5-9-19(10-6-16)21-22(20-11-7-17(2)8-12-20)27-28-23(26-21)29-15-18(14-25)4-3-13-24/h5-12,18H,3-4,15H2,1-2H3/t18-/m1/s1. The van der Waals surface area contributed by atoms with E-state index in [1.165, 1.54) is 22.9 Å². The zero-order valence-electron chi connectivity index (χ0n) is 16.5. The van der Waals surface area contributed by atoms with Crippen LogP contribution in [0, 0.1) is 42.4 Å². The minimum Gasteiger partial charge on any atom is -0.219 e. The van der Waals surface area contributed by atoms with Gasteiger partial charge in [0.2, 0.25) is 5.16 Å². The molecule has 6 heteroatoms. The van der Waals surface area contributed by atoms with Crippen LogP contribution in [-0.2, 0) is 0 Å². The average Bonchev–Trinajstić information content (AvgIpc) is 2.75. The van der Waals surface area contributed by atoms with E-state index in [2.05, 4.69) is 34.5 Å². The van der Waals surface area contributed by atoms with Crippen molar-refractivity contribution in [3.8, 4) is 34.7 Å². The largest absolute Gasteiger partial charge is 0.219 e. The maximum absolute atomic E-state index is 9.28. The molecule has 0 aliphatic carbocycles. The zero-order chi connectivity index (χ0) is 20.6. The van der Waals surface area contributed by atoms with Crippen LogP contribution in [0.5, 0.6) is 0 Å². The van der Waals surface area contributed by atoms with Crippen LogP contribution < -0.4 is 0 Å². The predicted molar refractivity (Wildman–Crippen MR) is 115 cm³/mol. The van der Waals surface area contributed by atoms with E-state index in [1.807, 2.05) is 50.2 Å². The first-order valence-corrected chi connectivity index (χ1v) is 10.4. The van der Waals surface area contributed by atoms with Crippen molar-refractivity contribution in [1.82, 2.24) is 15.2 Å². The van der Waals surface area contributed by atoms with Gasteiger partial charge in [0.05, 0.1) is 18.1 Å². The van der Waals surface area contributed by atoms with Crippen molar-refractivity contribution < 1.29 is 0 Å². The van der Waals surface area contributed by atoms with Gasteiger partial charge in [-0.2, -0.15) is 10.5 Å². The number of nitriles is 2. The molecule has 1 aromatic heterocycles. The highest BCUT2D eigenvalue weighted by molar-refractivity contribution is 7.99. The van der Waals surface area contributed by atoms with E-state index in [0.717, 1.165) is 22.5 Å². The molecule has 0 aliphatic heterocycles. The Balaban J connectivity index is 1.94. The monoisotopic (exact) mass is 399 g/mol. The molecule has 3 rings (SSSR count). The Labute approximate surface area is 175 Å². The number of rotatable bonds is 7. The van der Waals surface area contributed by atoms with Crippen LogP contribution in [0.3, 0.4) is 0 Å². The van der Waals surface area contributed by atoms with Crippen LogP contribution in [0.25, 0.3) is 22.5 Å². The molecule has 144 valence electrons. The minimum atomic E-state index is -0.206. The van der Waals surface area contributed by atoms with Crippen LogP contribution in [0.15, 0.2) is 53.7 Å². The van der Waals surface area contributed by atoms with Gasteiger partial charge >= 0.3 is 0 Å². The highest BCUT2D eigenvalue weighted by atomic mass is 32.2. The second-order valence-corrected chi connectivity index (χ2v) is 7.84. The summed E-state index contributed by atoms with van der Waals surface area (Å²) in [6.45, 7) is 4.10. The van der Waals surface area contributed by atoms with Gasteiger partial charge in [-0.15, -0.1) is 10.2 Å². The third kappa shape index (κ3) is 5.40. The predicted octanol–water partition coefficient (Wildman–Crippen LogP) is 5.36. The third-order valence-electron chi connectivity index (χ3n) is 4.52. The van der Waals surface area contributed by atoms with Crippen molar-refractivity contribution in [1.29, 1.82) is 10.5 Å². The van der Waals surface area contributed by atoms with Gasteiger partial charge in [-0.3, -0.25) is 0 Å². The molecule has 1 atom stereocenters. The molecule has 0 amide bonds. The van der Waals surface area contributed by atoms with Crippen LogP contribution >= 0.6 is 11.8 Å². The summed E-state index contributed by atoms with van der Waals surface area (Å²) in [6.07, 6.45) is 0.929. The first kappa shape index (κ1) is 20.5. The number of benzene rings is 2. The zero-order valence-corrected chi connectivity index (χ0v) is 17.3. The van der Waals surface area contributed by atoms with E-state index in [1.54, 1.807) is 0 Å². The lowest BCUT2D eigenvalue weighted by atomic mass is 10.0. The van der Waals surface area contributed by atoms with E-state index < -0.39 is 0 Å². The average molecular weight is 400 g/mol. The molecular weight excluding hydrogens is 378 g/mol. The SMILES string of the molecule is Cc1ccc(-c2nnc(SC[C@@H](C#N)CCC#N)nc2-c2ccc(C)cc2)cc1. The number of aryl methyl sites for hydroxylation is 2. The van der Waals surface area contributed by atoms with Gasteiger partial charge in [-0.1, -0.05) is 71.4 Å².